The highest BCUT2D eigenvalue weighted by atomic mass is 32.1. The average molecular weight is 251 g/mol. The molecule has 17 heavy (non-hydrogen) atoms. The summed E-state index contributed by atoms with van der Waals surface area (Å²) in [5.41, 5.74) is 6.19. The van der Waals surface area contributed by atoms with Crippen LogP contribution in [0.25, 0.3) is 0 Å². The van der Waals surface area contributed by atoms with E-state index in [2.05, 4.69) is 16.8 Å². The van der Waals surface area contributed by atoms with E-state index >= 15 is 0 Å². The highest BCUT2D eigenvalue weighted by molar-refractivity contribution is 7.80. The van der Waals surface area contributed by atoms with E-state index in [0.717, 1.165) is 18.8 Å². The molecule has 0 saturated carbocycles. The number of aliphatic hydroxyl groups excluding tert-OH is 1. The molecule has 92 valence electrons. The van der Waals surface area contributed by atoms with Crippen molar-refractivity contribution >= 4 is 23.0 Å². The number of anilines is 1. The average Bonchev–Trinajstić information content (AvgIpc) is 2.33. The second-order valence-corrected chi connectivity index (χ2v) is 4.96. The molecule has 1 aliphatic heterocycles. The van der Waals surface area contributed by atoms with Crippen LogP contribution in [0.15, 0.2) is 18.2 Å². The minimum Gasteiger partial charge on any atom is -0.391 e. The molecule has 0 amide bonds. The van der Waals surface area contributed by atoms with Gasteiger partial charge >= 0.3 is 0 Å². The lowest BCUT2D eigenvalue weighted by atomic mass is 9.96. The van der Waals surface area contributed by atoms with Crippen LogP contribution in [0.2, 0.25) is 0 Å². The highest BCUT2D eigenvalue weighted by Crippen LogP contribution is 2.21. The van der Waals surface area contributed by atoms with Crippen LogP contribution >= 0.6 is 12.2 Å². The van der Waals surface area contributed by atoms with Crippen molar-refractivity contribution in [1.82, 2.24) is 4.98 Å². The first-order chi connectivity index (χ1) is 8.08. The van der Waals surface area contributed by atoms with Crippen LogP contribution in [0.5, 0.6) is 0 Å². The van der Waals surface area contributed by atoms with E-state index in [1.165, 1.54) is 0 Å². The summed E-state index contributed by atoms with van der Waals surface area (Å²) in [5, 5.41) is 9.87. The topological polar surface area (TPSA) is 62.4 Å². The molecule has 0 aromatic carbocycles. The van der Waals surface area contributed by atoms with E-state index in [0.29, 0.717) is 23.1 Å². The molecule has 0 radical (unpaired) electrons. The molecule has 2 atom stereocenters. The fraction of sp³-hybridized carbons (Fsp3) is 0.500. The molecule has 1 saturated heterocycles. The standard InChI is InChI=1S/C12H17N3OS/c1-8-5-6-15(7-10(8)16)11-4-2-3-9(14-11)12(13)17/h2-4,8,10,16H,5-7H2,1H3,(H2,13,17). The number of hydrogen-bond donors (Lipinski definition) is 2. The summed E-state index contributed by atoms with van der Waals surface area (Å²) in [4.78, 5) is 6.78. The van der Waals surface area contributed by atoms with Crippen LogP contribution in [0.4, 0.5) is 5.82 Å². The summed E-state index contributed by atoms with van der Waals surface area (Å²) >= 11 is 4.91. The lowest BCUT2D eigenvalue weighted by molar-refractivity contribution is 0.102. The monoisotopic (exact) mass is 251 g/mol. The number of β-amino-alcohol motifs (C(OH)–C–C–N with tert-alkyl or cyclic N) is 1. The molecule has 0 spiro atoms. The Morgan fingerprint density at radius 2 is 2.35 bits per heavy atom. The van der Waals surface area contributed by atoms with Crippen molar-refractivity contribution < 1.29 is 5.11 Å². The van der Waals surface area contributed by atoms with Gasteiger partial charge < -0.3 is 15.7 Å². The number of nitrogens with two attached hydrogens (primary N) is 1. The van der Waals surface area contributed by atoms with Gasteiger partial charge in [0.05, 0.1) is 11.8 Å². The van der Waals surface area contributed by atoms with Crippen molar-refractivity contribution in [2.45, 2.75) is 19.4 Å². The van der Waals surface area contributed by atoms with Gasteiger partial charge in [-0.3, -0.25) is 0 Å². The van der Waals surface area contributed by atoms with Crippen molar-refractivity contribution in [3.05, 3.63) is 23.9 Å². The Bertz CT molecular complexity index is 424. The number of nitrogens with zero attached hydrogens (tertiary/aromatic N) is 2. The minimum absolute atomic E-state index is 0.293. The molecule has 1 aromatic rings. The fourth-order valence-electron chi connectivity index (χ4n) is 1.99. The zero-order valence-electron chi connectivity index (χ0n) is 9.84. The Kier molecular flexibility index (Phi) is 3.59. The van der Waals surface area contributed by atoms with Gasteiger partial charge in [-0.05, 0) is 24.5 Å². The summed E-state index contributed by atoms with van der Waals surface area (Å²) < 4.78 is 0. The number of aliphatic hydroxyl groups is 1. The van der Waals surface area contributed by atoms with E-state index in [9.17, 15) is 5.11 Å². The first kappa shape index (κ1) is 12.3. The second kappa shape index (κ2) is 4.98. The van der Waals surface area contributed by atoms with E-state index < -0.39 is 0 Å². The molecule has 1 aliphatic rings. The largest absolute Gasteiger partial charge is 0.391 e. The molecule has 2 unspecified atom stereocenters. The lowest BCUT2D eigenvalue weighted by Crippen LogP contribution is -2.43. The Balaban J connectivity index is 2.17. The predicted molar refractivity (Wildman–Crippen MR) is 72.1 cm³/mol. The van der Waals surface area contributed by atoms with Gasteiger partial charge in [-0.15, -0.1) is 0 Å². The number of rotatable bonds is 2. The summed E-state index contributed by atoms with van der Waals surface area (Å²) in [6.45, 7) is 3.60. The molecule has 2 heterocycles. The Morgan fingerprint density at radius 3 is 3.00 bits per heavy atom. The van der Waals surface area contributed by atoms with Gasteiger partial charge in [-0.2, -0.15) is 0 Å². The van der Waals surface area contributed by atoms with E-state index in [4.69, 9.17) is 18.0 Å². The third-order valence-corrected chi connectivity index (χ3v) is 3.44. The van der Waals surface area contributed by atoms with Gasteiger partial charge in [0.2, 0.25) is 0 Å². The van der Waals surface area contributed by atoms with Gasteiger partial charge in [0.25, 0.3) is 0 Å². The van der Waals surface area contributed by atoms with Crippen LogP contribution in [0.3, 0.4) is 0 Å². The number of aromatic nitrogens is 1. The molecule has 4 nitrogen and oxygen atoms in total. The fourth-order valence-corrected chi connectivity index (χ4v) is 2.11. The second-order valence-electron chi connectivity index (χ2n) is 4.52. The molecule has 1 aromatic heterocycles. The van der Waals surface area contributed by atoms with Gasteiger partial charge in [0, 0.05) is 13.1 Å². The van der Waals surface area contributed by atoms with Crippen LogP contribution in [0.1, 0.15) is 19.0 Å². The molecule has 2 rings (SSSR count). The maximum atomic E-state index is 9.87. The van der Waals surface area contributed by atoms with Gasteiger partial charge in [0.15, 0.2) is 0 Å². The summed E-state index contributed by atoms with van der Waals surface area (Å²) in [6, 6.07) is 5.61. The Morgan fingerprint density at radius 1 is 1.59 bits per heavy atom. The predicted octanol–water partition coefficient (Wildman–Crippen LogP) is 0.923. The molecular weight excluding hydrogens is 234 g/mol. The Hall–Kier alpha value is -1.20. The zero-order chi connectivity index (χ0) is 12.4. The molecular formula is C12H17N3OS. The smallest absolute Gasteiger partial charge is 0.129 e. The Labute approximate surface area is 106 Å². The maximum Gasteiger partial charge on any atom is 0.129 e. The number of hydrogen-bond acceptors (Lipinski definition) is 4. The van der Waals surface area contributed by atoms with Crippen molar-refractivity contribution in [3.8, 4) is 0 Å². The lowest BCUT2D eigenvalue weighted by Gasteiger charge is -2.35. The molecule has 0 bridgehead atoms. The number of thiocarbonyl (C=S) groups is 1. The number of pyridine rings is 1. The quantitative estimate of drug-likeness (QED) is 0.765. The van der Waals surface area contributed by atoms with Crippen LogP contribution in [-0.4, -0.2) is 34.3 Å². The summed E-state index contributed by atoms with van der Waals surface area (Å²) in [7, 11) is 0. The third kappa shape index (κ3) is 2.73. The van der Waals surface area contributed by atoms with Gasteiger partial charge in [-0.1, -0.05) is 25.2 Å². The van der Waals surface area contributed by atoms with E-state index in [1.54, 1.807) is 6.07 Å². The van der Waals surface area contributed by atoms with Crippen LogP contribution in [0, 0.1) is 5.92 Å². The molecule has 5 heteroatoms. The van der Waals surface area contributed by atoms with Gasteiger partial charge in [0.1, 0.15) is 10.8 Å². The van der Waals surface area contributed by atoms with Crippen molar-refractivity contribution in [3.63, 3.8) is 0 Å². The van der Waals surface area contributed by atoms with Crippen LogP contribution < -0.4 is 10.6 Å². The van der Waals surface area contributed by atoms with Crippen molar-refractivity contribution in [2.75, 3.05) is 18.0 Å². The minimum atomic E-state index is -0.293. The molecule has 0 aliphatic carbocycles. The van der Waals surface area contributed by atoms with Crippen molar-refractivity contribution in [2.24, 2.45) is 11.7 Å². The first-order valence-corrected chi connectivity index (χ1v) is 6.18. The normalized spacial score (nSPS) is 24.7. The van der Waals surface area contributed by atoms with Crippen molar-refractivity contribution in [1.29, 1.82) is 0 Å². The highest BCUT2D eigenvalue weighted by Gasteiger charge is 2.25. The van der Waals surface area contributed by atoms with Gasteiger partial charge in [-0.25, -0.2) is 4.98 Å². The zero-order valence-corrected chi connectivity index (χ0v) is 10.7. The SMILES string of the molecule is CC1CCN(c2cccc(C(N)=S)n2)CC1O. The summed E-state index contributed by atoms with van der Waals surface area (Å²) in [5.74, 6) is 1.19. The van der Waals surface area contributed by atoms with Crippen LogP contribution in [-0.2, 0) is 0 Å². The first-order valence-electron chi connectivity index (χ1n) is 5.78. The van der Waals surface area contributed by atoms with E-state index in [-0.39, 0.29) is 6.10 Å². The summed E-state index contributed by atoms with van der Waals surface area (Å²) in [6.07, 6.45) is 0.680. The molecule has 3 N–H and O–H groups in total. The van der Waals surface area contributed by atoms with E-state index in [1.807, 2.05) is 12.1 Å². The number of piperidine rings is 1. The molecule has 1 fully saturated rings. The maximum absolute atomic E-state index is 9.87. The third-order valence-electron chi connectivity index (χ3n) is 3.23.